The van der Waals surface area contributed by atoms with Crippen LogP contribution < -0.4 is 4.74 Å². The van der Waals surface area contributed by atoms with Crippen molar-refractivity contribution in [1.29, 1.82) is 0 Å². The Morgan fingerprint density at radius 2 is 1.69 bits per heavy atom. The number of carbonyl (C=O) groups is 2. The zero-order valence-corrected chi connectivity index (χ0v) is 22.0. The Balaban J connectivity index is 1.54. The van der Waals surface area contributed by atoms with Gasteiger partial charge in [-0.3, -0.25) is 9.69 Å². The van der Waals surface area contributed by atoms with E-state index in [1.165, 1.54) is 23.9 Å². The molecule has 3 aromatic rings. The van der Waals surface area contributed by atoms with Crippen LogP contribution in [-0.2, 0) is 11.4 Å². The lowest BCUT2D eigenvalue weighted by molar-refractivity contribution is -0.122. The summed E-state index contributed by atoms with van der Waals surface area (Å²) in [5.74, 6) is -0.861. The average Bonchev–Trinajstić information content (AvgIpc) is 3.13. The van der Waals surface area contributed by atoms with Crippen molar-refractivity contribution in [3.05, 3.63) is 97.3 Å². The summed E-state index contributed by atoms with van der Waals surface area (Å²) in [5.41, 5.74) is 2.26. The molecule has 3 aromatic carbocycles. The molecule has 1 saturated heterocycles. The van der Waals surface area contributed by atoms with Gasteiger partial charge in [0.1, 0.15) is 6.61 Å². The van der Waals surface area contributed by atoms with E-state index in [9.17, 15) is 9.59 Å². The van der Waals surface area contributed by atoms with E-state index in [2.05, 4.69) is 4.99 Å². The molecule has 1 fully saturated rings. The monoisotopic (exact) mass is 560 g/mol. The number of ether oxygens (including phenoxy) is 1. The van der Waals surface area contributed by atoms with Crippen molar-refractivity contribution in [2.75, 3.05) is 6.54 Å². The summed E-state index contributed by atoms with van der Waals surface area (Å²) in [4.78, 5) is 30.6. The first-order chi connectivity index (χ1) is 17.2. The van der Waals surface area contributed by atoms with Crippen LogP contribution in [0, 0.1) is 0 Å². The molecule has 0 aromatic heterocycles. The van der Waals surface area contributed by atoms with Gasteiger partial charge in [0.25, 0.3) is 5.91 Å². The minimum atomic E-state index is -1.02. The number of benzene rings is 3. The SMILES string of the molecule is CCN1C(=O)C(=Cc2cc(Cl)c(OCc3ccc(Cl)cc3)c(Cl)c2)SC1=Nc1ccc(C(=O)O)cc1. The molecule has 6 nitrogen and oxygen atoms in total. The topological polar surface area (TPSA) is 79.2 Å². The van der Waals surface area contributed by atoms with E-state index >= 15 is 0 Å². The predicted octanol–water partition coefficient (Wildman–Crippen LogP) is 7.55. The van der Waals surface area contributed by atoms with Crippen LogP contribution in [-0.4, -0.2) is 33.6 Å². The average molecular weight is 562 g/mol. The van der Waals surface area contributed by atoms with Crippen molar-refractivity contribution in [3.8, 4) is 5.75 Å². The van der Waals surface area contributed by atoms with Gasteiger partial charge in [0.05, 0.1) is 26.2 Å². The van der Waals surface area contributed by atoms with Crippen molar-refractivity contribution < 1.29 is 19.4 Å². The first kappa shape index (κ1) is 26.1. The maximum atomic E-state index is 13.0. The standard InChI is InChI=1S/C26H19Cl3N2O4S/c1-2-31-24(32)22(36-26(31)30-19-9-5-17(6-10-19)25(33)34)13-16-11-20(28)23(21(29)12-16)35-14-15-3-7-18(27)8-4-15/h3-13H,2,14H2,1H3,(H,33,34). The van der Waals surface area contributed by atoms with E-state index in [1.807, 2.05) is 19.1 Å². The summed E-state index contributed by atoms with van der Waals surface area (Å²) in [6.07, 6.45) is 1.70. The van der Waals surface area contributed by atoms with E-state index in [-0.39, 0.29) is 18.1 Å². The molecule has 1 N–H and O–H groups in total. The highest BCUT2D eigenvalue weighted by Gasteiger charge is 2.32. The van der Waals surface area contributed by atoms with Gasteiger partial charge in [0.2, 0.25) is 0 Å². The highest BCUT2D eigenvalue weighted by Crippen LogP contribution is 2.38. The Kier molecular flexibility index (Phi) is 8.26. The van der Waals surface area contributed by atoms with Crippen molar-refractivity contribution in [2.24, 2.45) is 4.99 Å². The normalized spacial score (nSPS) is 15.7. The van der Waals surface area contributed by atoms with Gasteiger partial charge < -0.3 is 9.84 Å². The van der Waals surface area contributed by atoms with Crippen molar-refractivity contribution >= 4 is 75.4 Å². The van der Waals surface area contributed by atoms with Gasteiger partial charge >= 0.3 is 5.97 Å². The van der Waals surface area contributed by atoms with Crippen LogP contribution in [0.2, 0.25) is 15.1 Å². The number of aliphatic imine (C=N–C) groups is 1. The number of carboxylic acids is 1. The smallest absolute Gasteiger partial charge is 0.335 e. The molecule has 0 radical (unpaired) electrons. The second kappa shape index (κ2) is 11.4. The molecule has 0 atom stereocenters. The van der Waals surface area contributed by atoms with Crippen LogP contribution in [0.15, 0.2) is 70.6 Å². The van der Waals surface area contributed by atoms with Crippen LogP contribution in [0.5, 0.6) is 5.75 Å². The number of amides is 1. The second-order valence-corrected chi connectivity index (χ2v) is 9.90. The maximum absolute atomic E-state index is 13.0. The molecule has 1 heterocycles. The summed E-state index contributed by atoms with van der Waals surface area (Å²) in [5, 5.41) is 10.8. The Bertz CT molecular complexity index is 1350. The molecule has 0 spiro atoms. The van der Waals surface area contributed by atoms with E-state index in [4.69, 9.17) is 44.6 Å². The van der Waals surface area contributed by atoms with Gasteiger partial charge in [-0.1, -0.05) is 46.9 Å². The highest BCUT2D eigenvalue weighted by atomic mass is 35.5. The molecule has 1 aliphatic rings. The highest BCUT2D eigenvalue weighted by molar-refractivity contribution is 8.18. The molecule has 0 unspecified atom stereocenters. The molecule has 1 amide bonds. The molecule has 10 heteroatoms. The van der Waals surface area contributed by atoms with E-state index in [1.54, 1.807) is 47.4 Å². The zero-order chi connectivity index (χ0) is 25.8. The number of halogens is 3. The molecule has 0 aliphatic carbocycles. The van der Waals surface area contributed by atoms with Crippen LogP contribution in [0.4, 0.5) is 5.69 Å². The van der Waals surface area contributed by atoms with Gasteiger partial charge in [0, 0.05) is 11.6 Å². The Morgan fingerprint density at radius 1 is 1.06 bits per heavy atom. The molecule has 0 saturated carbocycles. The van der Waals surface area contributed by atoms with Crippen molar-refractivity contribution in [2.45, 2.75) is 13.5 Å². The summed E-state index contributed by atoms with van der Waals surface area (Å²) in [6, 6.07) is 16.7. The Hall–Kier alpha value is -2.97. The number of carboxylic acid groups (broad SMARTS) is 1. The van der Waals surface area contributed by atoms with Crippen LogP contribution >= 0.6 is 46.6 Å². The fourth-order valence-electron chi connectivity index (χ4n) is 3.35. The number of hydrogen-bond donors (Lipinski definition) is 1. The first-order valence-electron chi connectivity index (χ1n) is 10.7. The number of hydrogen-bond acceptors (Lipinski definition) is 5. The van der Waals surface area contributed by atoms with Gasteiger partial charge in [-0.05, 0) is 84.4 Å². The van der Waals surface area contributed by atoms with Gasteiger partial charge in [0.15, 0.2) is 10.9 Å². The van der Waals surface area contributed by atoms with Gasteiger partial charge in [-0.2, -0.15) is 0 Å². The number of rotatable bonds is 7. The van der Waals surface area contributed by atoms with E-state index < -0.39 is 5.97 Å². The van der Waals surface area contributed by atoms with Crippen LogP contribution in [0.1, 0.15) is 28.4 Å². The third-order valence-corrected chi connectivity index (χ3v) is 6.98. The third kappa shape index (κ3) is 6.05. The lowest BCUT2D eigenvalue weighted by Gasteiger charge is -2.12. The van der Waals surface area contributed by atoms with E-state index in [0.717, 1.165) is 5.56 Å². The minimum absolute atomic E-state index is 0.163. The molecule has 184 valence electrons. The maximum Gasteiger partial charge on any atom is 0.335 e. The number of likely N-dealkylation sites (N-methyl/N-ethyl adjacent to an activating group) is 1. The van der Waals surface area contributed by atoms with Crippen molar-refractivity contribution in [3.63, 3.8) is 0 Å². The number of carbonyl (C=O) groups excluding carboxylic acids is 1. The number of nitrogens with zero attached hydrogens (tertiary/aromatic N) is 2. The molecule has 36 heavy (non-hydrogen) atoms. The zero-order valence-electron chi connectivity index (χ0n) is 18.9. The van der Waals surface area contributed by atoms with Gasteiger partial charge in [-0.15, -0.1) is 0 Å². The first-order valence-corrected chi connectivity index (χ1v) is 12.7. The fraction of sp³-hybridized carbons (Fsp3) is 0.115. The summed E-state index contributed by atoms with van der Waals surface area (Å²) < 4.78 is 5.82. The fourth-order valence-corrected chi connectivity index (χ4v) is 5.15. The number of thioether (sulfide) groups is 1. The van der Waals surface area contributed by atoms with Crippen LogP contribution in [0.25, 0.3) is 6.08 Å². The number of amidine groups is 1. The lowest BCUT2D eigenvalue weighted by atomic mass is 10.2. The molecule has 4 rings (SSSR count). The van der Waals surface area contributed by atoms with Crippen LogP contribution in [0.3, 0.4) is 0 Å². The minimum Gasteiger partial charge on any atom is -0.486 e. The summed E-state index contributed by atoms with van der Waals surface area (Å²) in [7, 11) is 0. The molecule has 0 bridgehead atoms. The predicted molar refractivity (Wildman–Crippen MR) is 146 cm³/mol. The Morgan fingerprint density at radius 3 is 2.28 bits per heavy atom. The second-order valence-electron chi connectivity index (χ2n) is 7.64. The summed E-state index contributed by atoms with van der Waals surface area (Å²) >= 11 is 20.0. The quantitative estimate of drug-likeness (QED) is 0.301. The lowest BCUT2D eigenvalue weighted by Crippen LogP contribution is -2.28. The van der Waals surface area contributed by atoms with Gasteiger partial charge in [-0.25, -0.2) is 9.79 Å². The summed E-state index contributed by atoms with van der Waals surface area (Å²) in [6.45, 7) is 2.54. The van der Waals surface area contributed by atoms with E-state index in [0.29, 0.717) is 48.7 Å². The van der Waals surface area contributed by atoms with Crippen molar-refractivity contribution in [1.82, 2.24) is 4.90 Å². The number of aromatic carboxylic acids is 1. The largest absolute Gasteiger partial charge is 0.486 e. The molecular formula is C26H19Cl3N2O4S. The molecular weight excluding hydrogens is 543 g/mol. The third-order valence-electron chi connectivity index (χ3n) is 5.16. The Labute approximate surface area is 227 Å². The molecule has 1 aliphatic heterocycles.